The second kappa shape index (κ2) is 10.1. The second-order valence-electron chi connectivity index (χ2n) is 9.73. The lowest BCUT2D eigenvalue weighted by Crippen LogP contribution is -2.20. The average molecular weight is 569 g/mol. The molecule has 0 saturated heterocycles. The third-order valence-corrected chi connectivity index (χ3v) is 7.19. The van der Waals surface area contributed by atoms with Crippen LogP contribution in [0.2, 0.25) is 0 Å². The molecule has 4 N–H and O–H groups in total. The van der Waals surface area contributed by atoms with Gasteiger partial charge in [-0.05, 0) is 42.0 Å². The van der Waals surface area contributed by atoms with Crippen LogP contribution < -0.4 is 19.6 Å². The molecule has 1 unspecified atom stereocenters. The van der Waals surface area contributed by atoms with Crippen molar-refractivity contribution in [1.82, 2.24) is 0 Å². The van der Waals surface area contributed by atoms with Crippen molar-refractivity contribution in [3.05, 3.63) is 88.1 Å². The van der Waals surface area contributed by atoms with Gasteiger partial charge in [-0.3, -0.25) is 9.59 Å². The Kier molecular flexibility index (Phi) is 6.38. The highest BCUT2D eigenvalue weighted by molar-refractivity contribution is 6.03. The van der Waals surface area contributed by atoms with Gasteiger partial charge < -0.3 is 39.1 Å². The van der Waals surface area contributed by atoms with E-state index in [4.69, 9.17) is 18.6 Å². The van der Waals surface area contributed by atoms with Crippen LogP contribution in [0, 0.1) is 0 Å². The third-order valence-electron chi connectivity index (χ3n) is 7.19. The number of phenolic OH excluding ortho intramolecular Hbond substituents is 4. The van der Waals surface area contributed by atoms with Crippen LogP contribution >= 0.6 is 0 Å². The lowest BCUT2D eigenvalue weighted by molar-refractivity contribution is 0.0844. The first-order chi connectivity index (χ1) is 20.2. The van der Waals surface area contributed by atoms with Crippen LogP contribution in [0.15, 0.2) is 75.9 Å². The molecule has 6 rings (SSSR count). The molecule has 0 saturated carbocycles. The molecule has 42 heavy (non-hydrogen) atoms. The van der Waals surface area contributed by atoms with E-state index in [1.807, 2.05) is 0 Å². The molecule has 0 aliphatic carbocycles. The molecule has 0 spiro atoms. The summed E-state index contributed by atoms with van der Waals surface area (Å²) >= 11 is 0. The van der Waals surface area contributed by atoms with Crippen LogP contribution in [0.3, 0.4) is 0 Å². The third kappa shape index (κ3) is 4.39. The summed E-state index contributed by atoms with van der Waals surface area (Å²) in [6.45, 7) is 0. The van der Waals surface area contributed by atoms with Gasteiger partial charge in [0, 0.05) is 35.4 Å². The summed E-state index contributed by atoms with van der Waals surface area (Å²) in [7, 11) is 2.79. The number of ketones is 1. The smallest absolute Gasteiger partial charge is 0.197 e. The number of hydrogen-bond donors (Lipinski definition) is 4. The zero-order chi connectivity index (χ0) is 29.7. The molecule has 2 heterocycles. The summed E-state index contributed by atoms with van der Waals surface area (Å²) in [5.41, 5.74) is 0.841. The number of carbonyl (C=O) groups excluding carboxylic acids is 1. The van der Waals surface area contributed by atoms with E-state index in [0.717, 1.165) is 0 Å². The van der Waals surface area contributed by atoms with Gasteiger partial charge in [-0.15, -0.1) is 0 Å². The topological polar surface area (TPSA) is 156 Å². The molecular weight excluding hydrogens is 544 g/mol. The summed E-state index contributed by atoms with van der Waals surface area (Å²) in [5, 5.41) is 41.6. The summed E-state index contributed by atoms with van der Waals surface area (Å²) < 4.78 is 23.0. The highest BCUT2D eigenvalue weighted by atomic mass is 16.5. The molecule has 0 bridgehead atoms. The van der Waals surface area contributed by atoms with E-state index in [9.17, 15) is 30.0 Å². The van der Waals surface area contributed by atoms with Gasteiger partial charge in [-0.25, -0.2) is 0 Å². The van der Waals surface area contributed by atoms with E-state index in [1.54, 1.807) is 24.3 Å². The van der Waals surface area contributed by atoms with Crippen LogP contribution in [0.25, 0.3) is 33.4 Å². The fraction of sp³-hybridized carbons (Fsp3) is 0.125. The van der Waals surface area contributed by atoms with Gasteiger partial charge in [0.05, 0.1) is 26.2 Å². The maximum Gasteiger partial charge on any atom is 0.197 e. The van der Waals surface area contributed by atoms with Gasteiger partial charge in [0.15, 0.2) is 16.8 Å². The Bertz CT molecular complexity index is 1940. The van der Waals surface area contributed by atoms with Crippen LogP contribution in [0.1, 0.15) is 28.4 Å². The van der Waals surface area contributed by atoms with E-state index >= 15 is 0 Å². The van der Waals surface area contributed by atoms with Crippen molar-refractivity contribution in [3.8, 4) is 62.7 Å². The molecule has 0 fully saturated rings. The molecule has 0 radical (unpaired) electrons. The van der Waals surface area contributed by atoms with E-state index in [-0.39, 0.29) is 80.1 Å². The maximum atomic E-state index is 13.2. The fourth-order valence-corrected chi connectivity index (χ4v) is 5.15. The van der Waals surface area contributed by atoms with E-state index in [0.29, 0.717) is 16.9 Å². The Labute approximate surface area is 238 Å². The van der Waals surface area contributed by atoms with Crippen molar-refractivity contribution < 1.29 is 43.8 Å². The van der Waals surface area contributed by atoms with Crippen molar-refractivity contribution in [1.29, 1.82) is 0 Å². The van der Waals surface area contributed by atoms with Gasteiger partial charge in [-0.1, -0.05) is 6.07 Å². The number of methoxy groups -OCH3 is 2. The van der Waals surface area contributed by atoms with Gasteiger partial charge in [-0.2, -0.15) is 0 Å². The summed E-state index contributed by atoms with van der Waals surface area (Å²) in [6.07, 6.45) is -0.880. The average Bonchev–Trinajstić information content (AvgIpc) is 2.97. The molecule has 4 aromatic carbocycles. The SMILES string of the molecule is COc1cc(O)c2c(c1)OC(c1ccc(O)c(-c3c(OC)cc(O)c4c(=O)cc(-c5ccc(O)cc5)oc34)c1)CC2=O. The first-order valence-corrected chi connectivity index (χ1v) is 12.8. The van der Waals surface area contributed by atoms with E-state index in [1.165, 1.54) is 56.7 Å². The standard InChI is InChI=1S/C32H24O10/c1-39-18-10-21(35)30-22(36)12-26(41-28(30)11-18)16-5-8-20(34)19(9-16)29-27(40-2)14-24(38)31-23(37)13-25(42-32(29)31)15-3-6-17(33)7-4-15/h3-11,13-14,26,33-35,38H,12H2,1-2H3. The number of rotatable bonds is 5. The van der Waals surface area contributed by atoms with Crippen molar-refractivity contribution in [3.63, 3.8) is 0 Å². The lowest BCUT2D eigenvalue weighted by Gasteiger charge is -2.27. The molecule has 10 heteroatoms. The predicted octanol–water partition coefficient (Wildman–Crippen LogP) is 5.67. The highest BCUT2D eigenvalue weighted by Crippen LogP contribution is 2.47. The van der Waals surface area contributed by atoms with Crippen LogP contribution in [0.5, 0.6) is 40.2 Å². The first-order valence-electron chi connectivity index (χ1n) is 12.8. The predicted molar refractivity (Wildman–Crippen MR) is 152 cm³/mol. The summed E-state index contributed by atoms with van der Waals surface area (Å²) in [4.78, 5) is 26.2. The zero-order valence-corrected chi connectivity index (χ0v) is 22.4. The molecule has 1 aliphatic heterocycles. The quantitative estimate of drug-likeness (QED) is 0.208. The fourth-order valence-electron chi connectivity index (χ4n) is 5.15. The van der Waals surface area contributed by atoms with Gasteiger partial charge in [0.2, 0.25) is 0 Å². The largest absolute Gasteiger partial charge is 0.508 e. The lowest BCUT2D eigenvalue weighted by atomic mass is 9.92. The van der Waals surface area contributed by atoms with Crippen molar-refractivity contribution in [2.45, 2.75) is 12.5 Å². The summed E-state index contributed by atoms with van der Waals surface area (Å²) in [6, 6.07) is 15.9. The Morgan fingerprint density at radius 1 is 0.786 bits per heavy atom. The number of hydrogen-bond acceptors (Lipinski definition) is 10. The van der Waals surface area contributed by atoms with Gasteiger partial charge in [0.25, 0.3) is 0 Å². The summed E-state index contributed by atoms with van der Waals surface area (Å²) in [5.74, 6) is -0.397. The number of Topliss-reactive ketones (excluding diaryl/α,β-unsaturated/α-hetero) is 1. The maximum absolute atomic E-state index is 13.2. The molecular formula is C32H24O10. The van der Waals surface area contributed by atoms with E-state index < -0.39 is 11.5 Å². The molecule has 1 aliphatic rings. The molecule has 5 aromatic rings. The number of aromatic hydroxyl groups is 4. The number of benzene rings is 4. The minimum Gasteiger partial charge on any atom is -0.508 e. The number of fused-ring (bicyclic) bond motifs is 2. The molecule has 0 amide bonds. The normalized spacial score (nSPS) is 14.3. The molecule has 1 atom stereocenters. The number of phenols is 4. The molecule has 10 nitrogen and oxygen atoms in total. The minimum absolute atomic E-state index is 0.0309. The minimum atomic E-state index is -0.787. The van der Waals surface area contributed by atoms with Crippen LogP contribution in [0.4, 0.5) is 0 Å². The first kappa shape index (κ1) is 26.6. The Morgan fingerprint density at radius 2 is 1.55 bits per heavy atom. The number of carbonyl (C=O) groups is 1. The Balaban J connectivity index is 1.53. The van der Waals surface area contributed by atoms with Crippen molar-refractivity contribution in [2.75, 3.05) is 14.2 Å². The van der Waals surface area contributed by atoms with Gasteiger partial charge in [0.1, 0.15) is 63.1 Å². The molecule has 1 aromatic heterocycles. The number of ether oxygens (including phenoxy) is 3. The zero-order valence-electron chi connectivity index (χ0n) is 22.4. The second-order valence-corrected chi connectivity index (χ2v) is 9.73. The molecule has 212 valence electrons. The van der Waals surface area contributed by atoms with Gasteiger partial charge >= 0.3 is 0 Å². The van der Waals surface area contributed by atoms with E-state index in [2.05, 4.69) is 0 Å². The van der Waals surface area contributed by atoms with Crippen LogP contribution in [-0.2, 0) is 0 Å². The Hall–Kier alpha value is -5.64. The highest BCUT2D eigenvalue weighted by Gasteiger charge is 2.32. The monoisotopic (exact) mass is 568 g/mol. The van der Waals surface area contributed by atoms with Crippen molar-refractivity contribution >= 4 is 16.8 Å². The van der Waals surface area contributed by atoms with Crippen LogP contribution in [-0.4, -0.2) is 40.4 Å². The Morgan fingerprint density at radius 3 is 2.26 bits per heavy atom. The van der Waals surface area contributed by atoms with Crippen molar-refractivity contribution in [2.24, 2.45) is 0 Å².